The van der Waals surface area contributed by atoms with Crippen LogP contribution < -0.4 is 14.4 Å². The van der Waals surface area contributed by atoms with Crippen LogP contribution in [0.15, 0.2) is 42.5 Å². The van der Waals surface area contributed by atoms with Crippen LogP contribution in [0.1, 0.15) is 23.6 Å². The number of nitrogens with one attached hydrogen (secondary N) is 1. The standard InChI is InChI=1S/C23H31N3O5S/c1-16-10-17(2)12-20(11-16)26(32(6,29)30)15-22(27)25(18(3)23(28)24-4)14-19-8-7-9-21(13-19)31-5/h7-13,18H,14-15H2,1-6H3,(H,24,28)/t18-/m1/s1. The average Bonchev–Trinajstić information content (AvgIpc) is 2.73. The highest BCUT2D eigenvalue weighted by molar-refractivity contribution is 7.92. The van der Waals surface area contributed by atoms with Crippen molar-refractivity contribution in [3.63, 3.8) is 0 Å². The fourth-order valence-corrected chi connectivity index (χ4v) is 4.30. The Morgan fingerprint density at radius 2 is 1.72 bits per heavy atom. The van der Waals surface area contributed by atoms with Gasteiger partial charge in [0.25, 0.3) is 0 Å². The van der Waals surface area contributed by atoms with Gasteiger partial charge in [-0.25, -0.2) is 8.42 Å². The topological polar surface area (TPSA) is 96.0 Å². The second kappa shape index (κ2) is 10.5. The molecule has 0 aromatic heterocycles. The molecule has 0 fully saturated rings. The summed E-state index contributed by atoms with van der Waals surface area (Å²) in [6, 6.07) is 11.7. The van der Waals surface area contributed by atoms with E-state index in [1.54, 1.807) is 44.4 Å². The Morgan fingerprint density at radius 3 is 2.25 bits per heavy atom. The highest BCUT2D eigenvalue weighted by Crippen LogP contribution is 2.22. The molecule has 0 unspecified atom stereocenters. The van der Waals surface area contributed by atoms with E-state index in [2.05, 4.69) is 5.32 Å². The normalized spacial score (nSPS) is 12.1. The maximum atomic E-state index is 13.4. The number of ether oxygens (including phenoxy) is 1. The maximum Gasteiger partial charge on any atom is 0.244 e. The van der Waals surface area contributed by atoms with Crippen molar-refractivity contribution in [1.29, 1.82) is 0 Å². The first-order chi connectivity index (χ1) is 15.0. The first-order valence-corrected chi connectivity index (χ1v) is 12.0. The second-order valence-corrected chi connectivity index (χ2v) is 9.69. The summed E-state index contributed by atoms with van der Waals surface area (Å²) in [7, 11) is -0.714. The van der Waals surface area contributed by atoms with E-state index >= 15 is 0 Å². The number of benzene rings is 2. The summed E-state index contributed by atoms with van der Waals surface area (Å²) in [6.07, 6.45) is 1.06. The van der Waals surface area contributed by atoms with Gasteiger partial charge in [0, 0.05) is 13.6 Å². The van der Waals surface area contributed by atoms with Gasteiger partial charge in [-0.2, -0.15) is 0 Å². The van der Waals surface area contributed by atoms with Crippen molar-refractivity contribution >= 4 is 27.5 Å². The van der Waals surface area contributed by atoms with Crippen molar-refractivity contribution in [1.82, 2.24) is 10.2 Å². The lowest BCUT2D eigenvalue weighted by molar-refractivity contribution is -0.139. The fourth-order valence-electron chi connectivity index (χ4n) is 3.47. The zero-order valence-electron chi connectivity index (χ0n) is 19.4. The lowest BCUT2D eigenvalue weighted by Gasteiger charge is -2.31. The predicted octanol–water partition coefficient (Wildman–Crippen LogP) is 2.24. The van der Waals surface area contributed by atoms with E-state index < -0.39 is 28.5 Å². The number of rotatable bonds is 9. The number of amides is 2. The summed E-state index contributed by atoms with van der Waals surface area (Å²) >= 11 is 0. The van der Waals surface area contributed by atoms with Gasteiger partial charge in [0.2, 0.25) is 21.8 Å². The zero-order valence-corrected chi connectivity index (χ0v) is 20.2. The van der Waals surface area contributed by atoms with Crippen LogP contribution in [-0.2, 0) is 26.2 Å². The SMILES string of the molecule is CNC(=O)[C@@H](C)N(Cc1cccc(OC)c1)C(=O)CN(c1cc(C)cc(C)c1)S(C)(=O)=O. The molecule has 0 bridgehead atoms. The van der Waals surface area contributed by atoms with Crippen LogP contribution in [0, 0.1) is 13.8 Å². The third-order valence-electron chi connectivity index (χ3n) is 5.07. The number of likely N-dealkylation sites (N-methyl/N-ethyl adjacent to an activating group) is 1. The lowest BCUT2D eigenvalue weighted by Crippen LogP contribution is -2.50. The van der Waals surface area contributed by atoms with E-state index in [1.165, 1.54) is 11.9 Å². The van der Waals surface area contributed by atoms with Crippen LogP contribution in [0.2, 0.25) is 0 Å². The molecule has 2 aromatic carbocycles. The first-order valence-electron chi connectivity index (χ1n) is 10.2. The van der Waals surface area contributed by atoms with Crippen LogP contribution in [0.3, 0.4) is 0 Å². The molecule has 1 atom stereocenters. The van der Waals surface area contributed by atoms with Crippen LogP contribution in [0.5, 0.6) is 5.75 Å². The van der Waals surface area contributed by atoms with Crippen LogP contribution in [0.25, 0.3) is 0 Å². The quantitative estimate of drug-likeness (QED) is 0.618. The number of methoxy groups -OCH3 is 1. The largest absolute Gasteiger partial charge is 0.497 e. The molecule has 0 aliphatic heterocycles. The van der Waals surface area contributed by atoms with Crippen LogP contribution >= 0.6 is 0 Å². The summed E-state index contributed by atoms with van der Waals surface area (Å²) < 4.78 is 31.5. The van der Waals surface area contributed by atoms with E-state index in [1.807, 2.05) is 26.0 Å². The average molecular weight is 462 g/mol. The molecule has 1 N–H and O–H groups in total. The summed E-state index contributed by atoms with van der Waals surface area (Å²) in [5.74, 6) is -0.220. The molecule has 0 saturated carbocycles. The predicted molar refractivity (Wildman–Crippen MR) is 125 cm³/mol. The Labute approximate surface area is 190 Å². The van der Waals surface area contributed by atoms with Gasteiger partial charge in [-0.05, 0) is 61.7 Å². The van der Waals surface area contributed by atoms with Crippen molar-refractivity contribution in [3.8, 4) is 5.75 Å². The smallest absolute Gasteiger partial charge is 0.244 e. The first kappa shape index (κ1) is 25.2. The monoisotopic (exact) mass is 461 g/mol. The number of carbonyl (C=O) groups is 2. The molecule has 0 aliphatic carbocycles. The van der Waals surface area contributed by atoms with E-state index in [9.17, 15) is 18.0 Å². The maximum absolute atomic E-state index is 13.4. The Hall–Kier alpha value is -3.07. The molecule has 9 heteroatoms. The number of sulfonamides is 1. The highest BCUT2D eigenvalue weighted by Gasteiger charge is 2.29. The fraction of sp³-hybridized carbons (Fsp3) is 0.391. The molecule has 8 nitrogen and oxygen atoms in total. The minimum Gasteiger partial charge on any atom is -0.497 e. The number of aryl methyl sites for hydroxylation is 2. The summed E-state index contributed by atoms with van der Waals surface area (Å²) in [5.41, 5.74) is 2.93. The summed E-state index contributed by atoms with van der Waals surface area (Å²) in [6.45, 7) is 5.03. The van der Waals surface area contributed by atoms with E-state index in [-0.39, 0.29) is 12.5 Å². The minimum absolute atomic E-state index is 0.120. The van der Waals surface area contributed by atoms with Gasteiger partial charge in [0.05, 0.1) is 19.1 Å². The van der Waals surface area contributed by atoms with Crippen molar-refractivity contribution < 1.29 is 22.7 Å². The molecule has 2 rings (SSSR count). The third kappa shape index (κ3) is 6.46. The van der Waals surface area contributed by atoms with Crippen molar-refractivity contribution in [3.05, 3.63) is 59.2 Å². The highest BCUT2D eigenvalue weighted by atomic mass is 32.2. The van der Waals surface area contributed by atoms with Crippen molar-refractivity contribution in [2.75, 3.05) is 31.3 Å². The van der Waals surface area contributed by atoms with Crippen molar-refractivity contribution in [2.24, 2.45) is 0 Å². The molecule has 0 saturated heterocycles. The Bertz CT molecular complexity index is 1060. The molecule has 0 aliphatic rings. The third-order valence-corrected chi connectivity index (χ3v) is 6.21. The van der Waals surface area contributed by atoms with Crippen LogP contribution in [-0.4, -0.2) is 58.1 Å². The van der Waals surface area contributed by atoms with E-state index in [0.29, 0.717) is 11.4 Å². The molecule has 2 aromatic rings. The van der Waals surface area contributed by atoms with Gasteiger partial charge in [-0.1, -0.05) is 18.2 Å². The summed E-state index contributed by atoms with van der Waals surface area (Å²) in [5, 5.41) is 2.55. The van der Waals surface area contributed by atoms with Gasteiger partial charge >= 0.3 is 0 Å². The van der Waals surface area contributed by atoms with Crippen LogP contribution in [0.4, 0.5) is 5.69 Å². The number of hydrogen-bond donors (Lipinski definition) is 1. The molecule has 0 radical (unpaired) electrons. The molecule has 2 amide bonds. The second-order valence-electron chi connectivity index (χ2n) is 7.78. The number of nitrogens with zero attached hydrogens (tertiary/aromatic N) is 2. The van der Waals surface area contributed by atoms with Crippen molar-refractivity contribution in [2.45, 2.75) is 33.4 Å². The van der Waals surface area contributed by atoms with Gasteiger partial charge in [-0.3, -0.25) is 13.9 Å². The molecule has 174 valence electrons. The van der Waals surface area contributed by atoms with E-state index in [0.717, 1.165) is 27.3 Å². The Balaban J connectivity index is 2.42. The van der Waals surface area contributed by atoms with Gasteiger partial charge in [-0.15, -0.1) is 0 Å². The Kier molecular flexibility index (Phi) is 8.26. The number of hydrogen-bond acceptors (Lipinski definition) is 5. The number of carbonyl (C=O) groups excluding carboxylic acids is 2. The molecular formula is C23H31N3O5S. The van der Waals surface area contributed by atoms with Gasteiger partial charge < -0.3 is 15.0 Å². The molecule has 0 heterocycles. The van der Waals surface area contributed by atoms with Gasteiger partial charge in [0.15, 0.2) is 0 Å². The Morgan fingerprint density at radius 1 is 1.09 bits per heavy atom. The molecule has 32 heavy (non-hydrogen) atoms. The molecule has 0 spiro atoms. The number of anilines is 1. The van der Waals surface area contributed by atoms with E-state index in [4.69, 9.17) is 4.74 Å². The zero-order chi connectivity index (χ0) is 24.1. The minimum atomic E-state index is -3.75. The van der Waals surface area contributed by atoms with Gasteiger partial charge in [0.1, 0.15) is 18.3 Å². The molecular weight excluding hydrogens is 430 g/mol. The lowest BCUT2D eigenvalue weighted by atomic mass is 10.1. The summed E-state index contributed by atoms with van der Waals surface area (Å²) in [4.78, 5) is 27.1.